The van der Waals surface area contributed by atoms with Crippen LogP contribution in [0.3, 0.4) is 0 Å². The van der Waals surface area contributed by atoms with Gasteiger partial charge >= 0.3 is 5.97 Å². The lowest BCUT2D eigenvalue weighted by Crippen LogP contribution is -2.62. The molecule has 0 amide bonds. The van der Waals surface area contributed by atoms with Gasteiger partial charge in [-0.05, 0) is 12.0 Å². The van der Waals surface area contributed by atoms with Crippen LogP contribution < -0.4 is 0 Å². The summed E-state index contributed by atoms with van der Waals surface area (Å²) in [5, 5.41) is 71.2. The zero-order chi connectivity index (χ0) is 27.1. The Morgan fingerprint density at radius 2 is 1.46 bits per heavy atom. The van der Waals surface area contributed by atoms with Crippen LogP contribution in [0.1, 0.15) is 31.4 Å². The summed E-state index contributed by atoms with van der Waals surface area (Å²) in [5.74, 6) is -0.528. The largest absolute Gasteiger partial charge is 0.463 e. The summed E-state index contributed by atoms with van der Waals surface area (Å²) in [4.78, 5) is 11.6. The maximum Gasteiger partial charge on any atom is 0.305 e. The lowest BCUT2D eigenvalue weighted by molar-refractivity contribution is -0.334. The van der Waals surface area contributed by atoms with Gasteiger partial charge in [-0.2, -0.15) is 5.26 Å². The van der Waals surface area contributed by atoms with E-state index in [1.165, 1.54) is 0 Å². The highest BCUT2D eigenvalue weighted by molar-refractivity contribution is 5.69. The first-order valence-electron chi connectivity index (χ1n) is 11.9. The first-order valence-corrected chi connectivity index (χ1v) is 11.9. The van der Waals surface area contributed by atoms with E-state index in [-0.39, 0.29) is 6.42 Å². The Morgan fingerprint density at radius 3 is 2.05 bits per heavy atom. The van der Waals surface area contributed by atoms with Crippen LogP contribution in [0.4, 0.5) is 0 Å². The molecule has 13 heteroatoms. The molecule has 2 saturated heterocycles. The molecule has 0 radical (unpaired) electrons. The normalized spacial score (nSPS) is 36.9. The van der Waals surface area contributed by atoms with Gasteiger partial charge in [0.05, 0.1) is 12.7 Å². The minimum Gasteiger partial charge on any atom is -0.463 e. The molecule has 206 valence electrons. The van der Waals surface area contributed by atoms with E-state index in [0.717, 1.165) is 0 Å². The van der Waals surface area contributed by atoms with E-state index in [1.54, 1.807) is 37.3 Å². The molecular formula is C24H33NO12. The minimum absolute atomic E-state index is 0.152. The molecule has 0 saturated carbocycles. The van der Waals surface area contributed by atoms with Crippen molar-refractivity contribution in [2.24, 2.45) is 0 Å². The molecule has 11 atom stereocenters. The fourth-order valence-electron chi connectivity index (χ4n) is 3.95. The molecule has 1 aromatic rings. The third-order valence-electron chi connectivity index (χ3n) is 6.11. The van der Waals surface area contributed by atoms with E-state index in [4.69, 9.17) is 23.7 Å². The second kappa shape index (κ2) is 13.5. The fraction of sp³-hybridized carbons (Fsp3) is 0.667. The van der Waals surface area contributed by atoms with Crippen LogP contribution in [0.15, 0.2) is 30.3 Å². The summed E-state index contributed by atoms with van der Waals surface area (Å²) in [7, 11) is 0. The summed E-state index contributed by atoms with van der Waals surface area (Å²) in [6, 6.07) is 10.3. The number of hydrogen-bond acceptors (Lipinski definition) is 13. The van der Waals surface area contributed by atoms with E-state index in [0.29, 0.717) is 12.0 Å². The number of ether oxygens (including phenoxy) is 5. The molecule has 2 aliphatic heterocycles. The zero-order valence-corrected chi connectivity index (χ0v) is 20.1. The Labute approximate surface area is 213 Å². The molecule has 3 rings (SSSR count). The number of nitrogens with zero attached hydrogens (tertiary/aromatic N) is 1. The van der Waals surface area contributed by atoms with Gasteiger partial charge in [0, 0.05) is 6.42 Å². The van der Waals surface area contributed by atoms with Crippen LogP contribution >= 0.6 is 0 Å². The van der Waals surface area contributed by atoms with Crippen LogP contribution in [0.5, 0.6) is 0 Å². The lowest BCUT2D eigenvalue weighted by atomic mass is 9.98. The molecule has 2 aliphatic rings. The summed E-state index contributed by atoms with van der Waals surface area (Å²) < 4.78 is 27.1. The third kappa shape index (κ3) is 7.21. The van der Waals surface area contributed by atoms with E-state index in [9.17, 15) is 40.7 Å². The minimum atomic E-state index is -1.72. The van der Waals surface area contributed by atoms with Crippen molar-refractivity contribution in [2.75, 3.05) is 13.2 Å². The smallest absolute Gasteiger partial charge is 0.305 e. The standard InChI is InChI=1S/C24H33NO12/c1-2-6-16(26)33-10-14-17(27)19(29)21(31)23(36-14)34-11-15-18(28)20(30)22(32)24(37-15)35-13(9-25)12-7-4-3-5-8-12/h3-5,7-8,13-15,17-24,27-32H,2,6,10-11H2,1H3/t13?,14-,15-,17-,18-,19+,20+,21-,22-,23-,24-/m1/s1. The van der Waals surface area contributed by atoms with Crippen molar-refractivity contribution in [3.8, 4) is 6.07 Å². The van der Waals surface area contributed by atoms with Gasteiger partial charge in [-0.15, -0.1) is 0 Å². The highest BCUT2D eigenvalue weighted by Gasteiger charge is 2.48. The number of carbonyl (C=O) groups is 1. The molecule has 1 unspecified atom stereocenters. The van der Waals surface area contributed by atoms with Gasteiger partial charge in [0.1, 0.15) is 55.4 Å². The fourth-order valence-corrected chi connectivity index (χ4v) is 3.95. The van der Waals surface area contributed by atoms with Crippen molar-refractivity contribution >= 4 is 5.97 Å². The SMILES string of the molecule is CCCC(=O)OC[C@H]1O[C@@H](OC[C@H]2O[C@@H](OC(C#N)c3ccccc3)[C@H](O)[C@@H](O)[C@@H]2O)[C@H](O)[C@@H](O)[C@@H]1O. The average molecular weight is 528 g/mol. The number of carbonyl (C=O) groups excluding carboxylic acids is 1. The molecule has 1 aromatic carbocycles. The van der Waals surface area contributed by atoms with Crippen molar-refractivity contribution in [2.45, 2.75) is 87.3 Å². The Hall–Kier alpha value is -2.22. The summed E-state index contributed by atoms with van der Waals surface area (Å²) in [6.45, 7) is 0.870. The number of hydrogen-bond donors (Lipinski definition) is 6. The predicted octanol–water partition coefficient (Wildman–Crippen LogP) is -1.76. The maximum atomic E-state index is 11.6. The molecular weight excluding hydrogens is 494 g/mol. The molecule has 2 fully saturated rings. The average Bonchev–Trinajstić information content (AvgIpc) is 2.90. The van der Waals surface area contributed by atoms with E-state index >= 15 is 0 Å². The molecule has 13 nitrogen and oxygen atoms in total. The van der Waals surface area contributed by atoms with Crippen molar-refractivity contribution in [3.05, 3.63) is 35.9 Å². The van der Waals surface area contributed by atoms with Gasteiger partial charge in [-0.3, -0.25) is 4.79 Å². The highest BCUT2D eigenvalue weighted by Crippen LogP contribution is 2.29. The molecule has 6 N–H and O–H groups in total. The quantitative estimate of drug-likeness (QED) is 0.187. The number of nitriles is 1. The van der Waals surface area contributed by atoms with Gasteiger partial charge in [-0.1, -0.05) is 37.3 Å². The van der Waals surface area contributed by atoms with Crippen molar-refractivity contribution in [1.82, 2.24) is 0 Å². The van der Waals surface area contributed by atoms with Crippen LogP contribution in [0, 0.1) is 11.3 Å². The molecule has 0 spiro atoms. The van der Waals surface area contributed by atoms with Gasteiger partial charge in [0.25, 0.3) is 0 Å². The van der Waals surface area contributed by atoms with Crippen LogP contribution in [-0.2, 0) is 28.5 Å². The summed E-state index contributed by atoms with van der Waals surface area (Å²) >= 11 is 0. The van der Waals surface area contributed by atoms with Crippen molar-refractivity contribution < 1.29 is 59.1 Å². The monoisotopic (exact) mass is 527 g/mol. The summed E-state index contributed by atoms with van der Waals surface area (Å²) in [5.41, 5.74) is 0.478. The Bertz CT molecular complexity index is 897. The molecule has 0 aliphatic carbocycles. The van der Waals surface area contributed by atoms with Crippen molar-refractivity contribution in [1.29, 1.82) is 5.26 Å². The van der Waals surface area contributed by atoms with Crippen LogP contribution in [0.2, 0.25) is 0 Å². The lowest BCUT2D eigenvalue weighted by Gasteiger charge is -2.43. The first-order chi connectivity index (χ1) is 17.7. The summed E-state index contributed by atoms with van der Waals surface area (Å²) in [6.07, 6.45) is -16.1. The van der Waals surface area contributed by atoms with Gasteiger partial charge in [-0.25, -0.2) is 0 Å². The second-order valence-corrected chi connectivity index (χ2v) is 8.85. The molecule has 0 aromatic heterocycles. The highest BCUT2D eigenvalue weighted by atomic mass is 16.7. The van der Waals surface area contributed by atoms with Gasteiger partial charge in [0.15, 0.2) is 18.7 Å². The number of benzene rings is 1. The third-order valence-corrected chi connectivity index (χ3v) is 6.11. The number of aliphatic hydroxyl groups is 6. The topological polar surface area (TPSA) is 208 Å². The Morgan fingerprint density at radius 1 is 0.892 bits per heavy atom. The number of esters is 1. The first kappa shape index (κ1) is 29.3. The van der Waals surface area contributed by atoms with Crippen LogP contribution in [-0.4, -0.2) is 111 Å². The maximum absolute atomic E-state index is 11.6. The molecule has 2 heterocycles. The predicted molar refractivity (Wildman–Crippen MR) is 121 cm³/mol. The Kier molecular flexibility index (Phi) is 10.7. The molecule has 0 bridgehead atoms. The van der Waals surface area contributed by atoms with Crippen molar-refractivity contribution in [3.63, 3.8) is 0 Å². The zero-order valence-electron chi connectivity index (χ0n) is 20.1. The number of rotatable bonds is 10. The van der Waals surface area contributed by atoms with E-state index in [1.807, 2.05) is 6.07 Å². The van der Waals surface area contributed by atoms with Gasteiger partial charge in [0.2, 0.25) is 0 Å². The van der Waals surface area contributed by atoms with Crippen LogP contribution in [0.25, 0.3) is 0 Å². The molecule has 37 heavy (non-hydrogen) atoms. The number of aliphatic hydroxyl groups excluding tert-OH is 6. The second-order valence-electron chi connectivity index (χ2n) is 8.85. The Balaban J connectivity index is 1.63. The van der Waals surface area contributed by atoms with E-state index in [2.05, 4.69) is 0 Å². The van der Waals surface area contributed by atoms with Gasteiger partial charge < -0.3 is 54.3 Å². The van der Waals surface area contributed by atoms with E-state index < -0.39 is 86.7 Å².